The Bertz CT molecular complexity index is 685. The molecule has 0 amide bonds. The maximum Gasteiger partial charge on any atom is 0.393 e. The predicted molar refractivity (Wildman–Crippen MR) is 76.0 cm³/mol. The Morgan fingerprint density at radius 2 is 1.83 bits per heavy atom. The van der Waals surface area contributed by atoms with Crippen molar-refractivity contribution in [2.45, 2.75) is 18.9 Å². The maximum absolute atomic E-state index is 12.9. The van der Waals surface area contributed by atoms with E-state index in [0.29, 0.717) is 9.87 Å². The molecule has 1 aliphatic rings. The molecule has 2 rings (SSSR count). The van der Waals surface area contributed by atoms with E-state index in [1.54, 1.807) is 24.3 Å². The first-order valence-corrected chi connectivity index (χ1v) is 8.44. The first kappa shape index (κ1) is 17.7. The minimum Gasteiger partial charge on any atom is -0.481 e. The van der Waals surface area contributed by atoms with E-state index in [1.807, 2.05) is 6.92 Å². The lowest BCUT2D eigenvalue weighted by Gasteiger charge is -2.18. The minimum atomic E-state index is -4.75. The third-order valence-corrected chi connectivity index (χ3v) is 5.67. The molecule has 9 heteroatoms. The fourth-order valence-corrected chi connectivity index (χ4v) is 4.13. The molecule has 23 heavy (non-hydrogen) atoms. The Morgan fingerprint density at radius 1 is 1.26 bits per heavy atom. The molecule has 0 radical (unpaired) electrons. The Morgan fingerprint density at radius 3 is 2.26 bits per heavy atom. The first-order chi connectivity index (χ1) is 10.5. The molecule has 1 heterocycles. The summed E-state index contributed by atoms with van der Waals surface area (Å²) in [6, 6.07) is 6.57. The van der Waals surface area contributed by atoms with Crippen LogP contribution in [0.3, 0.4) is 0 Å². The smallest absolute Gasteiger partial charge is 0.393 e. The molecule has 0 aromatic heterocycles. The second-order valence-corrected chi connectivity index (χ2v) is 7.62. The van der Waals surface area contributed by atoms with Crippen molar-refractivity contribution in [1.29, 1.82) is 0 Å². The second-order valence-electron chi connectivity index (χ2n) is 5.65. The van der Waals surface area contributed by atoms with Gasteiger partial charge in [-0.2, -0.15) is 13.2 Å². The fourth-order valence-electron chi connectivity index (χ4n) is 2.56. The number of carboxylic acid groups (broad SMARTS) is 1. The van der Waals surface area contributed by atoms with Crippen LogP contribution in [0.25, 0.3) is 0 Å². The zero-order valence-electron chi connectivity index (χ0n) is 12.2. The molecule has 1 aliphatic heterocycles. The van der Waals surface area contributed by atoms with Crippen LogP contribution in [0.2, 0.25) is 0 Å². The number of carbonyl (C=O) groups is 1. The van der Waals surface area contributed by atoms with E-state index in [9.17, 15) is 26.4 Å². The molecule has 1 saturated heterocycles. The summed E-state index contributed by atoms with van der Waals surface area (Å²) in [7, 11) is -4.02. The van der Waals surface area contributed by atoms with Crippen molar-refractivity contribution in [3.63, 3.8) is 0 Å². The number of carboxylic acids is 1. The highest BCUT2D eigenvalue weighted by molar-refractivity contribution is 7.88. The number of hydrogen-bond donors (Lipinski definition) is 1. The Balaban J connectivity index is 2.20. The van der Waals surface area contributed by atoms with Crippen LogP contribution in [0.15, 0.2) is 24.3 Å². The van der Waals surface area contributed by atoms with E-state index < -0.39 is 52.8 Å². The lowest BCUT2D eigenvalue weighted by molar-refractivity contribution is -0.187. The molecular weight excluding hydrogens is 335 g/mol. The summed E-state index contributed by atoms with van der Waals surface area (Å²) >= 11 is 0. The van der Waals surface area contributed by atoms with Gasteiger partial charge in [-0.25, -0.2) is 12.7 Å². The number of aliphatic carboxylic acids is 1. The van der Waals surface area contributed by atoms with E-state index in [4.69, 9.17) is 5.11 Å². The number of halogens is 3. The van der Waals surface area contributed by atoms with E-state index >= 15 is 0 Å². The average Bonchev–Trinajstić information content (AvgIpc) is 2.87. The quantitative estimate of drug-likeness (QED) is 0.901. The molecule has 1 fully saturated rings. The maximum atomic E-state index is 12.9. The van der Waals surface area contributed by atoms with Crippen LogP contribution in [0.4, 0.5) is 13.2 Å². The van der Waals surface area contributed by atoms with Gasteiger partial charge in [0.15, 0.2) is 0 Å². The van der Waals surface area contributed by atoms with Gasteiger partial charge < -0.3 is 5.11 Å². The second kappa shape index (κ2) is 6.12. The van der Waals surface area contributed by atoms with Crippen LogP contribution in [0, 0.1) is 18.8 Å². The number of sulfonamides is 1. The summed E-state index contributed by atoms with van der Waals surface area (Å²) in [5.74, 6) is -6.06. The van der Waals surface area contributed by atoms with Crippen molar-refractivity contribution in [2.24, 2.45) is 11.8 Å². The van der Waals surface area contributed by atoms with Crippen molar-refractivity contribution in [1.82, 2.24) is 4.31 Å². The van der Waals surface area contributed by atoms with Gasteiger partial charge in [-0.1, -0.05) is 29.8 Å². The number of aryl methyl sites for hydroxylation is 1. The molecule has 0 unspecified atom stereocenters. The van der Waals surface area contributed by atoms with E-state index in [1.165, 1.54) is 0 Å². The SMILES string of the molecule is Cc1ccc(CS(=O)(=O)N2C[C@@H](C(F)(F)F)[C@H](C(=O)O)C2)cc1. The van der Waals surface area contributed by atoms with Crippen LogP contribution < -0.4 is 0 Å². The lowest BCUT2D eigenvalue weighted by atomic mass is 9.96. The Kier molecular flexibility index (Phi) is 4.72. The molecule has 2 atom stereocenters. The summed E-state index contributed by atoms with van der Waals surface area (Å²) in [5, 5.41) is 8.93. The zero-order valence-corrected chi connectivity index (χ0v) is 13.1. The predicted octanol–water partition coefficient (Wildman–Crippen LogP) is 2.02. The molecule has 0 saturated carbocycles. The Hall–Kier alpha value is -1.61. The van der Waals surface area contributed by atoms with Gasteiger partial charge in [-0.3, -0.25) is 4.79 Å². The van der Waals surface area contributed by atoms with Gasteiger partial charge >= 0.3 is 12.1 Å². The van der Waals surface area contributed by atoms with E-state index in [0.717, 1.165) is 5.56 Å². The number of hydrogen-bond acceptors (Lipinski definition) is 3. The number of benzene rings is 1. The van der Waals surface area contributed by atoms with E-state index in [2.05, 4.69) is 0 Å². The fraction of sp³-hybridized carbons (Fsp3) is 0.500. The third-order valence-electron chi connectivity index (χ3n) is 3.89. The number of alkyl halides is 3. The summed E-state index contributed by atoms with van der Waals surface area (Å²) in [5.41, 5.74) is 1.37. The molecule has 1 aromatic rings. The van der Waals surface area contributed by atoms with Crippen LogP contribution in [-0.2, 0) is 20.6 Å². The highest BCUT2D eigenvalue weighted by Crippen LogP contribution is 2.39. The van der Waals surface area contributed by atoms with Crippen molar-refractivity contribution >= 4 is 16.0 Å². The standard InChI is InChI=1S/C14H16F3NO4S/c1-9-2-4-10(5-3-9)8-23(21,22)18-6-11(13(19)20)12(7-18)14(15,16)17/h2-5,11-12H,6-8H2,1H3,(H,19,20)/t11-,12-/m1/s1. The highest BCUT2D eigenvalue weighted by Gasteiger charge is 2.54. The summed E-state index contributed by atoms with van der Waals surface area (Å²) in [4.78, 5) is 11.0. The van der Waals surface area contributed by atoms with Crippen LogP contribution in [0.1, 0.15) is 11.1 Å². The Labute approximate surface area is 131 Å². The van der Waals surface area contributed by atoms with Crippen molar-refractivity contribution in [3.8, 4) is 0 Å². The van der Waals surface area contributed by atoms with Crippen molar-refractivity contribution < 1.29 is 31.5 Å². The van der Waals surface area contributed by atoms with Gasteiger partial charge in [0.1, 0.15) is 0 Å². The normalized spacial score (nSPS) is 23.1. The molecule has 0 spiro atoms. The first-order valence-electron chi connectivity index (χ1n) is 6.83. The minimum absolute atomic E-state index is 0.443. The number of rotatable bonds is 4. The average molecular weight is 351 g/mol. The van der Waals surface area contributed by atoms with E-state index in [-0.39, 0.29) is 0 Å². The van der Waals surface area contributed by atoms with Gasteiger partial charge in [0.05, 0.1) is 17.6 Å². The van der Waals surface area contributed by atoms with Crippen molar-refractivity contribution in [3.05, 3.63) is 35.4 Å². The monoisotopic (exact) mass is 351 g/mol. The number of nitrogens with zero attached hydrogens (tertiary/aromatic N) is 1. The van der Waals surface area contributed by atoms with Gasteiger partial charge in [-0.05, 0) is 12.5 Å². The van der Waals surface area contributed by atoms with Crippen molar-refractivity contribution in [2.75, 3.05) is 13.1 Å². The molecule has 0 aliphatic carbocycles. The van der Waals surface area contributed by atoms with Gasteiger partial charge in [0.25, 0.3) is 0 Å². The third kappa shape index (κ3) is 4.03. The lowest BCUT2D eigenvalue weighted by Crippen LogP contribution is -2.34. The topological polar surface area (TPSA) is 74.7 Å². The molecule has 128 valence electrons. The molecule has 1 aromatic carbocycles. The van der Waals surface area contributed by atoms with Crippen LogP contribution >= 0.6 is 0 Å². The molecule has 0 bridgehead atoms. The van der Waals surface area contributed by atoms with Gasteiger partial charge in [0, 0.05) is 13.1 Å². The summed E-state index contributed by atoms with van der Waals surface area (Å²) in [6.45, 7) is 0.312. The summed E-state index contributed by atoms with van der Waals surface area (Å²) < 4.78 is 64.0. The molecule has 5 nitrogen and oxygen atoms in total. The zero-order chi connectivity index (χ0) is 17.4. The van der Waals surface area contributed by atoms with Crippen LogP contribution in [-0.4, -0.2) is 43.1 Å². The highest BCUT2D eigenvalue weighted by atomic mass is 32.2. The van der Waals surface area contributed by atoms with Crippen LogP contribution in [0.5, 0.6) is 0 Å². The van der Waals surface area contributed by atoms with Gasteiger partial charge in [0.2, 0.25) is 10.0 Å². The molecular formula is C14H16F3NO4S. The van der Waals surface area contributed by atoms with Gasteiger partial charge in [-0.15, -0.1) is 0 Å². The largest absolute Gasteiger partial charge is 0.481 e. The summed E-state index contributed by atoms with van der Waals surface area (Å²) in [6.07, 6.45) is -4.75. The molecule has 1 N–H and O–H groups in total.